The van der Waals surface area contributed by atoms with E-state index in [1.54, 1.807) is 0 Å². The highest BCUT2D eigenvalue weighted by Crippen LogP contribution is 2.46. The molecule has 19 heavy (non-hydrogen) atoms. The molecule has 2 heterocycles. The summed E-state index contributed by atoms with van der Waals surface area (Å²) in [5.74, 6) is -6.95. The molecule has 2 saturated heterocycles. The van der Waals surface area contributed by atoms with Gasteiger partial charge in [0.1, 0.15) is 0 Å². The number of hydrogen-bond donors (Lipinski definition) is 2. The fourth-order valence-corrected chi connectivity index (χ4v) is 1.85. The van der Waals surface area contributed by atoms with Crippen molar-refractivity contribution in [3.8, 4) is 0 Å². The first kappa shape index (κ1) is 15.6. The van der Waals surface area contributed by atoms with E-state index in [4.69, 9.17) is 9.90 Å². The average molecular weight is 290 g/mol. The predicted octanol–water partition coefficient (Wildman–Crippen LogP) is 0.317. The molecule has 10 heteroatoms. The zero-order chi connectivity index (χ0) is 15.1. The van der Waals surface area contributed by atoms with Crippen molar-refractivity contribution in [2.45, 2.75) is 12.1 Å². The highest BCUT2D eigenvalue weighted by molar-refractivity contribution is 5.87. The Labute approximate surface area is 104 Å². The third-order valence-electron chi connectivity index (χ3n) is 2.99. The SMILES string of the molecule is CN1CC2(CNC2)C(F)(F)C1=O.O=C(O)C(F)(F)F. The number of amides is 1. The molecule has 2 fully saturated rings. The van der Waals surface area contributed by atoms with Crippen molar-refractivity contribution >= 4 is 11.9 Å². The summed E-state index contributed by atoms with van der Waals surface area (Å²) in [7, 11) is 1.42. The second kappa shape index (κ2) is 4.58. The van der Waals surface area contributed by atoms with Gasteiger partial charge in [0.2, 0.25) is 0 Å². The lowest BCUT2D eigenvalue weighted by Crippen LogP contribution is -2.63. The van der Waals surface area contributed by atoms with E-state index in [1.807, 2.05) is 0 Å². The molecule has 2 aliphatic rings. The molecule has 0 aromatic carbocycles. The van der Waals surface area contributed by atoms with Crippen molar-refractivity contribution in [2.75, 3.05) is 26.7 Å². The average Bonchev–Trinajstić information content (AvgIpc) is 2.37. The molecule has 2 rings (SSSR count). The van der Waals surface area contributed by atoms with Gasteiger partial charge >= 0.3 is 18.1 Å². The summed E-state index contributed by atoms with van der Waals surface area (Å²) in [5.41, 5.74) is -1.11. The number of carbonyl (C=O) groups excluding carboxylic acids is 1. The molecule has 0 aliphatic carbocycles. The van der Waals surface area contributed by atoms with Gasteiger partial charge in [-0.3, -0.25) is 4.79 Å². The Bertz CT molecular complexity index is 392. The van der Waals surface area contributed by atoms with Crippen molar-refractivity contribution in [3.63, 3.8) is 0 Å². The Hall–Kier alpha value is -1.45. The van der Waals surface area contributed by atoms with E-state index < -0.39 is 29.4 Å². The topological polar surface area (TPSA) is 69.6 Å². The lowest BCUT2D eigenvalue weighted by atomic mass is 9.78. The van der Waals surface area contributed by atoms with Gasteiger partial charge in [0, 0.05) is 26.7 Å². The third kappa shape index (κ3) is 2.62. The summed E-state index contributed by atoms with van der Waals surface area (Å²) in [6.45, 7) is 0.665. The maximum absolute atomic E-state index is 13.3. The molecule has 0 saturated carbocycles. The smallest absolute Gasteiger partial charge is 0.475 e. The van der Waals surface area contributed by atoms with Crippen LogP contribution in [-0.4, -0.2) is 60.7 Å². The Kier molecular flexibility index (Phi) is 3.76. The van der Waals surface area contributed by atoms with Gasteiger partial charge in [-0.25, -0.2) is 4.79 Å². The van der Waals surface area contributed by atoms with Crippen LogP contribution in [-0.2, 0) is 9.59 Å². The van der Waals surface area contributed by atoms with Crippen LogP contribution in [0.25, 0.3) is 0 Å². The Morgan fingerprint density at radius 1 is 1.37 bits per heavy atom. The molecule has 0 radical (unpaired) electrons. The monoisotopic (exact) mass is 290 g/mol. The Morgan fingerprint density at radius 3 is 1.89 bits per heavy atom. The number of carbonyl (C=O) groups is 2. The first-order chi connectivity index (χ1) is 8.44. The van der Waals surface area contributed by atoms with E-state index in [-0.39, 0.29) is 19.6 Å². The van der Waals surface area contributed by atoms with Crippen molar-refractivity contribution in [2.24, 2.45) is 5.41 Å². The highest BCUT2D eigenvalue weighted by Gasteiger charge is 2.68. The number of carboxylic acids is 1. The third-order valence-corrected chi connectivity index (χ3v) is 2.99. The van der Waals surface area contributed by atoms with Crippen LogP contribution in [0, 0.1) is 5.41 Å². The molecule has 0 atom stereocenters. The number of likely N-dealkylation sites (tertiary alicyclic amines) is 1. The summed E-state index contributed by atoms with van der Waals surface area (Å²) >= 11 is 0. The molecule has 0 bridgehead atoms. The molecular formula is C9H11F5N2O3. The molecule has 0 aromatic rings. The molecule has 5 nitrogen and oxygen atoms in total. The van der Waals surface area contributed by atoms with Crippen LogP contribution < -0.4 is 5.32 Å². The van der Waals surface area contributed by atoms with Gasteiger partial charge in [-0.15, -0.1) is 0 Å². The fraction of sp³-hybridized carbons (Fsp3) is 0.778. The molecule has 1 amide bonds. The number of carboxylic acid groups (broad SMARTS) is 1. The number of nitrogens with zero attached hydrogens (tertiary/aromatic N) is 1. The van der Waals surface area contributed by atoms with E-state index in [0.717, 1.165) is 4.90 Å². The quantitative estimate of drug-likeness (QED) is 0.630. The molecule has 2 N–H and O–H groups in total. The van der Waals surface area contributed by atoms with Crippen LogP contribution in [0.5, 0.6) is 0 Å². The Morgan fingerprint density at radius 2 is 1.79 bits per heavy atom. The van der Waals surface area contributed by atoms with Gasteiger partial charge in [0.25, 0.3) is 5.91 Å². The van der Waals surface area contributed by atoms with Crippen molar-refractivity contribution < 1.29 is 36.6 Å². The van der Waals surface area contributed by atoms with Gasteiger partial charge < -0.3 is 15.3 Å². The van der Waals surface area contributed by atoms with Crippen LogP contribution in [0.3, 0.4) is 0 Å². The van der Waals surface area contributed by atoms with Crippen LogP contribution >= 0.6 is 0 Å². The number of nitrogens with one attached hydrogen (secondary N) is 1. The summed E-state index contributed by atoms with van der Waals surface area (Å²) in [5, 5.41) is 9.91. The Balaban J connectivity index is 0.000000224. The predicted molar refractivity (Wildman–Crippen MR) is 51.6 cm³/mol. The molecule has 0 unspecified atom stereocenters. The number of hydrogen-bond acceptors (Lipinski definition) is 3. The summed E-state index contributed by atoms with van der Waals surface area (Å²) < 4.78 is 58.3. The molecule has 2 aliphatic heterocycles. The van der Waals surface area contributed by atoms with Crippen molar-refractivity contribution in [1.29, 1.82) is 0 Å². The molecule has 0 aromatic heterocycles. The van der Waals surface area contributed by atoms with Crippen molar-refractivity contribution in [1.82, 2.24) is 10.2 Å². The van der Waals surface area contributed by atoms with Gasteiger partial charge in [0.05, 0.1) is 5.41 Å². The molecule has 110 valence electrons. The minimum atomic E-state index is -5.08. The zero-order valence-electron chi connectivity index (χ0n) is 9.72. The van der Waals surface area contributed by atoms with Gasteiger partial charge in [-0.1, -0.05) is 0 Å². The van der Waals surface area contributed by atoms with Gasteiger partial charge in [-0.05, 0) is 0 Å². The standard InChI is InChI=1S/C7H10F2N2O.C2HF3O2/c1-11-4-6(2-10-3-6)7(8,9)5(11)12;3-2(4,5)1(6)7/h10H,2-4H2,1H3;(H,6,7). The maximum Gasteiger partial charge on any atom is 0.490 e. The summed E-state index contributed by atoms with van der Waals surface area (Å²) in [6, 6.07) is 0. The molecular weight excluding hydrogens is 279 g/mol. The number of rotatable bonds is 0. The normalized spacial score (nSPS) is 23.7. The van der Waals surface area contributed by atoms with Gasteiger partial charge in [-0.2, -0.15) is 22.0 Å². The van der Waals surface area contributed by atoms with E-state index in [2.05, 4.69) is 5.32 Å². The second-order valence-electron chi connectivity index (χ2n) is 4.42. The van der Waals surface area contributed by atoms with E-state index >= 15 is 0 Å². The van der Waals surface area contributed by atoms with Gasteiger partial charge in [0.15, 0.2) is 0 Å². The van der Waals surface area contributed by atoms with Crippen LogP contribution in [0.4, 0.5) is 22.0 Å². The summed E-state index contributed by atoms with van der Waals surface area (Å²) in [4.78, 5) is 21.0. The number of halogens is 5. The fourth-order valence-electron chi connectivity index (χ4n) is 1.85. The highest BCUT2D eigenvalue weighted by atomic mass is 19.4. The van der Waals surface area contributed by atoms with Crippen LogP contribution in [0.15, 0.2) is 0 Å². The lowest BCUT2D eigenvalue weighted by molar-refractivity contribution is -0.192. The minimum absolute atomic E-state index is 0.172. The first-order valence-electron chi connectivity index (χ1n) is 5.08. The maximum atomic E-state index is 13.3. The first-order valence-corrected chi connectivity index (χ1v) is 5.08. The lowest BCUT2D eigenvalue weighted by Gasteiger charge is -2.41. The van der Waals surface area contributed by atoms with Crippen LogP contribution in [0.2, 0.25) is 0 Å². The number of alkyl halides is 5. The van der Waals surface area contributed by atoms with Crippen molar-refractivity contribution in [3.05, 3.63) is 0 Å². The largest absolute Gasteiger partial charge is 0.490 e. The summed E-state index contributed by atoms with van der Waals surface area (Å²) in [6.07, 6.45) is -5.08. The second-order valence-corrected chi connectivity index (χ2v) is 4.42. The van der Waals surface area contributed by atoms with E-state index in [1.165, 1.54) is 7.05 Å². The number of aliphatic carboxylic acids is 1. The zero-order valence-corrected chi connectivity index (χ0v) is 9.72. The van der Waals surface area contributed by atoms with E-state index in [0.29, 0.717) is 0 Å². The minimum Gasteiger partial charge on any atom is -0.475 e. The molecule has 1 spiro atoms. The van der Waals surface area contributed by atoms with E-state index in [9.17, 15) is 26.7 Å². The van der Waals surface area contributed by atoms with Crippen LogP contribution in [0.1, 0.15) is 0 Å².